The Bertz CT molecular complexity index is 989. The van der Waals surface area contributed by atoms with E-state index in [4.69, 9.17) is 56.8 Å². The van der Waals surface area contributed by atoms with Gasteiger partial charge in [0, 0.05) is 18.6 Å². The predicted octanol–water partition coefficient (Wildman–Crippen LogP) is 5.60. The maximum absolute atomic E-state index is 11.8. The molecule has 0 atom stereocenters. The van der Waals surface area contributed by atoms with Gasteiger partial charge in [0.15, 0.2) is 0 Å². The lowest BCUT2D eigenvalue weighted by molar-refractivity contribution is -0.384. The normalized spacial score (nSPS) is 11.3. The molecule has 1 rings (SSSR count). The molecule has 0 aliphatic heterocycles. The van der Waals surface area contributed by atoms with E-state index in [2.05, 4.69) is 6.92 Å². The van der Waals surface area contributed by atoms with Gasteiger partial charge < -0.3 is 56.8 Å². The highest BCUT2D eigenvalue weighted by Crippen LogP contribution is 2.17. The van der Waals surface area contributed by atoms with Gasteiger partial charge in [-0.15, -0.1) is 0 Å². The highest BCUT2D eigenvalue weighted by atomic mass is 16.6. The Kier molecular flexibility index (Phi) is 38.7. The van der Waals surface area contributed by atoms with Gasteiger partial charge in [-0.2, -0.15) is 0 Å². The first-order chi connectivity index (χ1) is 27.6. The molecule has 0 bridgehead atoms. The molecule has 0 N–H and O–H groups in total. The number of unbranched alkanes of at least 4 members (excludes halogenated alkanes) is 8. The zero-order valence-corrected chi connectivity index (χ0v) is 34.0. The first-order valence-corrected chi connectivity index (χ1v) is 20.4. The molecule has 0 saturated carbocycles. The van der Waals surface area contributed by atoms with Gasteiger partial charge >= 0.3 is 5.97 Å². The zero-order chi connectivity index (χ0) is 40.3. The van der Waals surface area contributed by atoms with Gasteiger partial charge in [-0.25, -0.2) is 0 Å². The quantitative estimate of drug-likeness (QED) is 0.0345. The molecule has 1 aromatic carbocycles. The Morgan fingerprint density at radius 3 is 1.09 bits per heavy atom. The van der Waals surface area contributed by atoms with Gasteiger partial charge in [-0.1, -0.05) is 58.3 Å². The third-order valence-electron chi connectivity index (χ3n) is 7.87. The van der Waals surface area contributed by atoms with Crippen molar-refractivity contribution in [2.45, 2.75) is 71.1 Å². The van der Waals surface area contributed by atoms with Crippen molar-refractivity contribution in [3.8, 4) is 5.75 Å². The molecule has 0 spiro atoms. The van der Waals surface area contributed by atoms with Crippen LogP contribution >= 0.6 is 0 Å². The lowest BCUT2D eigenvalue weighted by atomic mass is 10.1. The number of carbonyl (C=O) groups excluding carboxylic acids is 1. The fraction of sp³-hybridized carbons (Fsp3) is 0.825. The van der Waals surface area contributed by atoms with Gasteiger partial charge in [-0.05, 0) is 18.6 Å². The summed E-state index contributed by atoms with van der Waals surface area (Å²) >= 11 is 0. The van der Waals surface area contributed by atoms with Crippen LogP contribution in [0.1, 0.15) is 71.1 Å². The number of rotatable bonds is 45. The molecular formula is C40H71NO15. The third-order valence-corrected chi connectivity index (χ3v) is 7.87. The fourth-order valence-electron chi connectivity index (χ4n) is 4.83. The van der Waals surface area contributed by atoms with Crippen LogP contribution in [0, 0.1) is 10.1 Å². The van der Waals surface area contributed by atoms with Crippen molar-refractivity contribution in [2.24, 2.45) is 0 Å². The molecule has 0 aliphatic rings. The molecule has 0 unspecified atom stereocenters. The summed E-state index contributed by atoms with van der Waals surface area (Å²) in [7, 11) is 0. The molecule has 0 radical (unpaired) electrons. The lowest BCUT2D eigenvalue weighted by Gasteiger charge is -2.09. The molecule has 16 nitrogen and oxygen atoms in total. The first kappa shape index (κ1) is 51.5. The number of nitro benzene ring substituents is 1. The van der Waals surface area contributed by atoms with Crippen molar-refractivity contribution in [1.82, 2.24) is 0 Å². The fourth-order valence-corrected chi connectivity index (χ4v) is 4.83. The molecule has 16 heteroatoms. The van der Waals surface area contributed by atoms with Crippen LogP contribution in [0.15, 0.2) is 24.3 Å². The lowest BCUT2D eigenvalue weighted by Crippen LogP contribution is -2.15. The maximum Gasteiger partial charge on any atom is 0.305 e. The van der Waals surface area contributed by atoms with Crippen LogP contribution in [0.25, 0.3) is 0 Å². The van der Waals surface area contributed by atoms with Crippen LogP contribution in [0.5, 0.6) is 5.75 Å². The highest BCUT2D eigenvalue weighted by molar-refractivity contribution is 5.69. The van der Waals surface area contributed by atoms with Crippen LogP contribution < -0.4 is 4.74 Å². The maximum atomic E-state index is 11.8. The van der Waals surface area contributed by atoms with E-state index in [1.54, 1.807) is 12.1 Å². The van der Waals surface area contributed by atoms with Crippen molar-refractivity contribution in [3.63, 3.8) is 0 Å². The Morgan fingerprint density at radius 1 is 0.446 bits per heavy atom. The molecule has 56 heavy (non-hydrogen) atoms. The van der Waals surface area contributed by atoms with Crippen molar-refractivity contribution in [1.29, 1.82) is 0 Å². The van der Waals surface area contributed by atoms with Crippen molar-refractivity contribution < 1.29 is 66.6 Å². The molecule has 0 fully saturated rings. The standard InChI is InChI=1S/C40H71NO15/c1-2-3-4-5-6-7-8-9-10-11-40(42)56-37-35-54-33-31-52-29-27-50-25-23-48-21-19-46-17-16-45-18-20-47-22-24-49-26-28-51-30-32-53-34-36-55-39-14-12-38(13-15-39)41(43)44/h12-15H,2-11,16-37H2,1H3. The summed E-state index contributed by atoms with van der Waals surface area (Å²) in [6, 6.07) is 5.91. The minimum absolute atomic E-state index is 0.0234. The second kappa shape index (κ2) is 42.1. The van der Waals surface area contributed by atoms with Gasteiger partial charge in [0.05, 0.1) is 137 Å². The summed E-state index contributed by atoms with van der Waals surface area (Å²) in [4.78, 5) is 22.0. The molecule has 326 valence electrons. The minimum Gasteiger partial charge on any atom is -0.491 e. The smallest absolute Gasteiger partial charge is 0.305 e. The summed E-state index contributed by atoms with van der Waals surface area (Å²) < 4.78 is 65.4. The number of nitrogens with zero attached hydrogens (tertiary/aromatic N) is 1. The number of esters is 1. The molecule has 0 aromatic heterocycles. The average Bonchev–Trinajstić information content (AvgIpc) is 3.20. The van der Waals surface area contributed by atoms with E-state index in [1.165, 1.54) is 57.1 Å². The van der Waals surface area contributed by atoms with Gasteiger partial charge in [0.1, 0.15) is 19.0 Å². The van der Waals surface area contributed by atoms with E-state index in [0.717, 1.165) is 12.8 Å². The van der Waals surface area contributed by atoms with Crippen LogP contribution in [0.3, 0.4) is 0 Å². The SMILES string of the molecule is CCCCCCCCCCCC(=O)OCCOCCOCCOCCOCCOCCOCCOCCOCCOCCOCCOc1ccc([N+](=O)[O-])cc1. The second-order valence-electron chi connectivity index (χ2n) is 12.5. The minimum atomic E-state index is -0.453. The van der Waals surface area contributed by atoms with Gasteiger partial charge in [-0.3, -0.25) is 14.9 Å². The van der Waals surface area contributed by atoms with Crippen LogP contribution in [0.2, 0.25) is 0 Å². The monoisotopic (exact) mass is 805 g/mol. The predicted molar refractivity (Wildman–Crippen MR) is 210 cm³/mol. The summed E-state index contributed by atoms with van der Waals surface area (Å²) in [6.45, 7) is 12.1. The number of non-ortho nitro benzene ring substituents is 1. The Morgan fingerprint density at radius 2 is 0.750 bits per heavy atom. The Hall–Kier alpha value is -2.51. The summed E-state index contributed by atoms with van der Waals surface area (Å²) in [6.07, 6.45) is 11.5. The number of hydrogen-bond donors (Lipinski definition) is 0. The summed E-state index contributed by atoms with van der Waals surface area (Å²) in [5.41, 5.74) is 0.0234. The Balaban J connectivity index is 1.65. The highest BCUT2D eigenvalue weighted by Gasteiger charge is 2.05. The topological polar surface area (TPSA) is 171 Å². The van der Waals surface area contributed by atoms with E-state index in [-0.39, 0.29) is 18.3 Å². The average molecular weight is 806 g/mol. The van der Waals surface area contributed by atoms with Crippen LogP contribution in [0.4, 0.5) is 5.69 Å². The Labute approximate surface area is 334 Å². The van der Waals surface area contributed by atoms with Gasteiger partial charge in [0.25, 0.3) is 5.69 Å². The third kappa shape index (κ3) is 37.1. The largest absolute Gasteiger partial charge is 0.491 e. The van der Waals surface area contributed by atoms with Crippen molar-refractivity contribution >= 4 is 11.7 Å². The van der Waals surface area contributed by atoms with Gasteiger partial charge in [0.2, 0.25) is 0 Å². The number of hydrogen-bond acceptors (Lipinski definition) is 15. The van der Waals surface area contributed by atoms with Crippen molar-refractivity contribution in [3.05, 3.63) is 34.4 Å². The van der Waals surface area contributed by atoms with E-state index in [1.807, 2.05) is 0 Å². The van der Waals surface area contributed by atoms with E-state index in [0.29, 0.717) is 151 Å². The zero-order valence-electron chi connectivity index (χ0n) is 34.0. The second-order valence-corrected chi connectivity index (χ2v) is 12.5. The summed E-state index contributed by atoms with van der Waals surface area (Å²) in [5.74, 6) is 0.410. The molecule has 0 heterocycles. The molecule has 1 aromatic rings. The first-order valence-electron chi connectivity index (χ1n) is 20.4. The molecule has 0 aliphatic carbocycles. The van der Waals surface area contributed by atoms with E-state index >= 15 is 0 Å². The molecule has 0 amide bonds. The van der Waals surface area contributed by atoms with E-state index in [9.17, 15) is 14.9 Å². The number of ether oxygens (including phenoxy) is 12. The molecule has 0 saturated heterocycles. The number of nitro groups is 1. The van der Waals surface area contributed by atoms with E-state index < -0.39 is 4.92 Å². The number of benzene rings is 1. The summed E-state index contributed by atoms with van der Waals surface area (Å²) in [5, 5.41) is 10.7. The molecular weight excluding hydrogens is 734 g/mol. The van der Waals surface area contributed by atoms with Crippen LogP contribution in [-0.4, -0.2) is 156 Å². The number of carbonyl (C=O) groups is 1. The van der Waals surface area contributed by atoms with Crippen LogP contribution in [-0.2, 0) is 56.9 Å². The van der Waals surface area contributed by atoms with Crippen molar-refractivity contribution in [2.75, 3.05) is 145 Å².